The number of halogens is 2. The van der Waals surface area contributed by atoms with Crippen molar-refractivity contribution in [2.45, 2.75) is 6.10 Å². The summed E-state index contributed by atoms with van der Waals surface area (Å²) < 4.78 is 1.52. The molecule has 2 aromatic rings. The fourth-order valence-electron chi connectivity index (χ4n) is 1.42. The van der Waals surface area contributed by atoms with Crippen molar-refractivity contribution in [3.05, 3.63) is 39.0 Å². The van der Waals surface area contributed by atoms with E-state index in [9.17, 15) is 5.11 Å². The van der Waals surface area contributed by atoms with E-state index >= 15 is 0 Å². The van der Waals surface area contributed by atoms with Gasteiger partial charge >= 0.3 is 0 Å². The Morgan fingerprint density at radius 1 is 1.31 bits per heavy atom. The molecule has 1 aromatic heterocycles. The van der Waals surface area contributed by atoms with E-state index in [1.807, 2.05) is 18.2 Å². The molecule has 0 aliphatic carbocycles. The Morgan fingerprint density at radius 3 is 2.75 bits per heavy atom. The van der Waals surface area contributed by atoms with E-state index in [0.29, 0.717) is 10.3 Å². The van der Waals surface area contributed by atoms with Crippen LogP contribution in [0.5, 0.6) is 0 Å². The minimum Gasteiger partial charge on any atom is -0.373 e. The summed E-state index contributed by atoms with van der Waals surface area (Å²) >= 11 is 6.75. The van der Waals surface area contributed by atoms with Crippen LogP contribution >= 0.6 is 31.9 Å². The maximum atomic E-state index is 9.44. The number of fused-ring (bicyclic) bond motifs is 1. The zero-order valence-electron chi connectivity index (χ0n) is 7.98. The van der Waals surface area contributed by atoms with Gasteiger partial charge in [-0.2, -0.15) is 5.26 Å². The van der Waals surface area contributed by atoms with Crippen LogP contribution in [0, 0.1) is 11.3 Å². The van der Waals surface area contributed by atoms with Crippen LogP contribution in [0.1, 0.15) is 11.8 Å². The molecule has 1 heterocycles. The van der Waals surface area contributed by atoms with Crippen molar-refractivity contribution in [1.82, 2.24) is 4.98 Å². The number of hydrogen-bond acceptors (Lipinski definition) is 3. The van der Waals surface area contributed by atoms with E-state index in [1.165, 1.54) is 0 Å². The maximum absolute atomic E-state index is 9.44. The first-order valence-electron chi connectivity index (χ1n) is 4.46. The summed E-state index contributed by atoms with van der Waals surface area (Å²) in [6.45, 7) is 0. The van der Waals surface area contributed by atoms with Crippen molar-refractivity contribution in [2.24, 2.45) is 0 Å². The second kappa shape index (κ2) is 4.50. The lowest BCUT2D eigenvalue weighted by atomic mass is 10.1. The lowest BCUT2D eigenvalue weighted by Gasteiger charge is -2.07. The van der Waals surface area contributed by atoms with Crippen LogP contribution in [0.2, 0.25) is 0 Å². The number of benzene rings is 1. The molecule has 1 unspecified atom stereocenters. The molecular weight excluding hydrogens is 336 g/mol. The van der Waals surface area contributed by atoms with Crippen LogP contribution in [0.25, 0.3) is 10.8 Å². The molecule has 0 spiro atoms. The molecule has 3 nitrogen and oxygen atoms in total. The molecule has 0 radical (unpaired) electrons. The highest BCUT2D eigenvalue weighted by atomic mass is 79.9. The number of rotatable bonds is 1. The van der Waals surface area contributed by atoms with Crippen LogP contribution in [-0.4, -0.2) is 10.1 Å². The first-order chi connectivity index (χ1) is 7.63. The van der Waals surface area contributed by atoms with Crippen LogP contribution in [-0.2, 0) is 0 Å². The normalized spacial score (nSPS) is 12.4. The van der Waals surface area contributed by atoms with E-state index in [0.717, 1.165) is 15.2 Å². The van der Waals surface area contributed by atoms with E-state index in [4.69, 9.17) is 5.26 Å². The van der Waals surface area contributed by atoms with Crippen molar-refractivity contribution >= 4 is 42.6 Å². The third-order valence-corrected chi connectivity index (χ3v) is 3.49. The number of aromatic nitrogens is 1. The lowest BCUT2D eigenvalue weighted by Crippen LogP contribution is -1.98. The van der Waals surface area contributed by atoms with Crippen LogP contribution < -0.4 is 0 Å². The van der Waals surface area contributed by atoms with E-state index in [-0.39, 0.29) is 0 Å². The van der Waals surface area contributed by atoms with Gasteiger partial charge in [0.15, 0.2) is 6.10 Å². The summed E-state index contributed by atoms with van der Waals surface area (Å²) in [4.78, 5) is 4.14. The van der Waals surface area contributed by atoms with Gasteiger partial charge in [0.25, 0.3) is 0 Å². The van der Waals surface area contributed by atoms with Gasteiger partial charge in [0, 0.05) is 15.2 Å². The monoisotopic (exact) mass is 340 g/mol. The molecule has 5 heteroatoms. The standard InChI is InChI=1S/C11H6Br2N2O/c12-8-3-1-2-6-7(8)4-9(10(16)5-14)15-11(6)13/h1-4,10,16H. The van der Waals surface area contributed by atoms with Gasteiger partial charge in [0.05, 0.1) is 5.69 Å². The molecule has 0 aliphatic heterocycles. The van der Waals surface area contributed by atoms with E-state index in [2.05, 4.69) is 36.8 Å². The summed E-state index contributed by atoms with van der Waals surface area (Å²) in [5.41, 5.74) is 0.341. The zero-order chi connectivity index (χ0) is 11.7. The fourth-order valence-corrected chi connectivity index (χ4v) is 2.45. The zero-order valence-corrected chi connectivity index (χ0v) is 11.2. The third-order valence-electron chi connectivity index (χ3n) is 2.20. The van der Waals surface area contributed by atoms with Crippen LogP contribution in [0.15, 0.2) is 33.3 Å². The molecule has 0 amide bonds. The highest BCUT2D eigenvalue weighted by Crippen LogP contribution is 2.30. The van der Waals surface area contributed by atoms with Crippen molar-refractivity contribution in [3.8, 4) is 6.07 Å². The van der Waals surface area contributed by atoms with E-state index in [1.54, 1.807) is 12.1 Å². The molecule has 16 heavy (non-hydrogen) atoms. The smallest absolute Gasteiger partial charge is 0.183 e. The van der Waals surface area contributed by atoms with Crippen LogP contribution in [0.3, 0.4) is 0 Å². The average molecular weight is 342 g/mol. The molecule has 0 aliphatic rings. The number of nitriles is 1. The summed E-state index contributed by atoms with van der Waals surface area (Å²) in [6, 6.07) is 9.17. The Morgan fingerprint density at radius 2 is 2.06 bits per heavy atom. The largest absolute Gasteiger partial charge is 0.373 e. The highest BCUT2D eigenvalue weighted by Gasteiger charge is 2.12. The van der Waals surface area contributed by atoms with Gasteiger partial charge < -0.3 is 5.11 Å². The van der Waals surface area contributed by atoms with Crippen molar-refractivity contribution in [3.63, 3.8) is 0 Å². The van der Waals surface area contributed by atoms with Gasteiger partial charge in [0.2, 0.25) is 0 Å². The molecule has 1 atom stereocenters. The minimum atomic E-state index is -1.20. The predicted octanol–water partition coefficient (Wildman–Crippen LogP) is 3.32. The average Bonchev–Trinajstić information content (AvgIpc) is 2.29. The molecule has 1 aromatic carbocycles. The Labute approximate surface area is 109 Å². The second-order valence-electron chi connectivity index (χ2n) is 3.20. The summed E-state index contributed by atoms with van der Waals surface area (Å²) in [7, 11) is 0. The summed E-state index contributed by atoms with van der Waals surface area (Å²) in [5, 5.41) is 19.9. The number of nitrogens with zero attached hydrogens (tertiary/aromatic N) is 2. The molecule has 0 saturated heterocycles. The number of pyridine rings is 1. The Kier molecular flexibility index (Phi) is 3.24. The van der Waals surface area contributed by atoms with Gasteiger partial charge in [-0.3, -0.25) is 0 Å². The maximum Gasteiger partial charge on any atom is 0.183 e. The topological polar surface area (TPSA) is 56.9 Å². The van der Waals surface area contributed by atoms with Crippen molar-refractivity contribution in [1.29, 1.82) is 5.26 Å². The van der Waals surface area contributed by atoms with E-state index < -0.39 is 6.10 Å². The number of aliphatic hydroxyl groups excluding tert-OH is 1. The quantitative estimate of drug-likeness (QED) is 0.639. The fraction of sp³-hybridized carbons (Fsp3) is 0.0909. The van der Waals surface area contributed by atoms with Gasteiger partial charge in [-0.25, -0.2) is 4.98 Å². The molecule has 1 N–H and O–H groups in total. The Hall–Kier alpha value is -0.960. The summed E-state index contributed by atoms with van der Waals surface area (Å²) in [6.07, 6.45) is -1.20. The highest BCUT2D eigenvalue weighted by molar-refractivity contribution is 9.11. The first kappa shape index (κ1) is 11.5. The molecule has 80 valence electrons. The van der Waals surface area contributed by atoms with Crippen molar-refractivity contribution < 1.29 is 5.11 Å². The molecule has 2 rings (SSSR count). The number of hydrogen-bond donors (Lipinski definition) is 1. The third kappa shape index (κ3) is 1.96. The molecular formula is C11H6Br2N2O. The predicted molar refractivity (Wildman–Crippen MR) is 67.7 cm³/mol. The first-order valence-corrected chi connectivity index (χ1v) is 6.04. The van der Waals surface area contributed by atoms with Gasteiger partial charge in [-0.1, -0.05) is 28.1 Å². The molecule has 0 fully saturated rings. The summed E-state index contributed by atoms with van der Waals surface area (Å²) in [5.74, 6) is 0. The lowest BCUT2D eigenvalue weighted by molar-refractivity contribution is 0.231. The number of aliphatic hydroxyl groups is 1. The van der Waals surface area contributed by atoms with Gasteiger partial charge in [-0.05, 0) is 28.1 Å². The Balaban J connectivity index is 2.76. The van der Waals surface area contributed by atoms with Crippen LogP contribution in [0.4, 0.5) is 0 Å². The molecule has 0 saturated carbocycles. The Bertz CT molecular complexity index is 592. The van der Waals surface area contributed by atoms with Gasteiger partial charge in [-0.15, -0.1) is 0 Å². The van der Waals surface area contributed by atoms with Crippen molar-refractivity contribution in [2.75, 3.05) is 0 Å². The second-order valence-corrected chi connectivity index (χ2v) is 4.81. The van der Waals surface area contributed by atoms with Gasteiger partial charge in [0.1, 0.15) is 10.7 Å². The SMILES string of the molecule is N#CC(O)c1cc2c(Br)cccc2c(Br)n1. The molecule has 0 bridgehead atoms. The minimum absolute atomic E-state index is 0.341.